The van der Waals surface area contributed by atoms with Gasteiger partial charge < -0.3 is 19.2 Å². The van der Waals surface area contributed by atoms with Gasteiger partial charge in [-0.05, 0) is 48.0 Å². The molecule has 4 rings (SSSR count). The molecule has 0 fully saturated rings. The molecule has 0 bridgehead atoms. The number of methoxy groups -OCH3 is 2. The molecule has 6 heteroatoms. The molecule has 1 amide bonds. The molecule has 3 aromatic carbocycles. The average Bonchev–Trinajstić information content (AvgIpc) is 3.23. The van der Waals surface area contributed by atoms with Crippen LogP contribution in [0.2, 0.25) is 0 Å². The first kappa shape index (κ1) is 19.3. The highest BCUT2D eigenvalue weighted by molar-refractivity contribution is 6.01. The van der Waals surface area contributed by atoms with Gasteiger partial charge in [0.15, 0.2) is 17.1 Å². The van der Waals surface area contributed by atoms with E-state index in [9.17, 15) is 4.79 Å². The number of para-hydroxylation sites is 2. The smallest absolute Gasteiger partial charge is 0.255 e. The molecule has 150 valence electrons. The van der Waals surface area contributed by atoms with Crippen LogP contribution >= 0.6 is 0 Å². The van der Waals surface area contributed by atoms with E-state index in [-0.39, 0.29) is 5.91 Å². The summed E-state index contributed by atoms with van der Waals surface area (Å²) >= 11 is 0. The van der Waals surface area contributed by atoms with Crippen molar-refractivity contribution in [2.45, 2.75) is 0 Å². The number of nitrogens with zero attached hydrogens (tertiary/aromatic N) is 1. The Kier molecular flexibility index (Phi) is 5.48. The number of hydrogen-bond acceptors (Lipinski definition) is 5. The minimum atomic E-state index is -0.260. The number of rotatable bonds is 6. The van der Waals surface area contributed by atoms with Crippen molar-refractivity contribution in [1.82, 2.24) is 10.3 Å². The van der Waals surface area contributed by atoms with Gasteiger partial charge in [0.05, 0.1) is 14.2 Å². The Balaban J connectivity index is 1.76. The van der Waals surface area contributed by atoms with Crippen molar-refractivity contribution in [3.05, 3.63) is 89.8 Å². The Labute approximate surface area is 173 Å². The zero-order valence-corrected chi connectivity index (χ0v) is 16.6. The topological polar surface area (TPSA) is 73.6 Å². The van der Waals surface area contributed by atoms with Crippen LogP contribution < -0.4 is 14.8 Å². The number of carbonyl (C=O) groups is 1. The number of oxazole rings is 1. The Hall–Kier alpha value is -4.06. The summed E-state index contributed by atoms with van der Waals surface area (Å²) in [6.07, 6.45) is 1.79. The lowest BCUT2D eigenvalue weighted by Crippen LogP contribution is -2.22. The molecule has 0 atom stereocenters. The van der Waals surface area contributed by atoms with Crippen molar-refractivity contribution in [3.8, 4) is 11.5 Å². The zero-order valence-electron chi connectivity index (χ0n) is 16.6. The van der Waals surface area contributed by atoms with Crippen LogP contribution in [0, 0.1) is 0 Å². The second-order valence-corrected chi connectivity index (χ2v) is 6.48. The molecule has 1 heterocycles. The third kappa shape index (κ3) is 4.03. The normalized spacial score (nSPS) is 11.3. The fraction of sp³-hybridized carbons (Fsp3) is 0.0833. The van der Waals surface area contributed by atoms with Crippen molar-refractivity contribution >= 4 is 28.8 Å². The number of ether oxygens (including phenoxy) is 2. The van der Waals surface area contributed by atoms with E-state index >= 15 is 0 Å². The maximum atomic E-state index is 12.8. The maximum Gasteiger partial charge on any atom is 0.255 e. The SMILES string of the molecule is COc1ccc(/C=C(/NC(=O)c2ccccc2)c2nc3ccccc3o2)cc1OC. The minimum absolute atomic E-state index is 0.260. The van der Waals surface area contributed by atoms with Gasteiger partial charge in [0.1, 0.15) is 11.2 Å². The van der Waals surface area contributed by atoms with E-state index < -0.39 is 0 Å². The van der Waals surface area contributed by atoms with Crippen LogP contribution in [0.1, 0.15) is 21.8 Å². The molecular formula is C24H20N2O4. The molecular weight excluding hydrogens is 380 g/mol. The van der Waals surface area contributed by atoms with Crippen molar-refractivity contribution in [3.63, 3.8) is 0 Å². The Morgan fingerprint density at radius 2 is 1.67 bits per heavy atom. The summed E-state index contributed by atoms with van der Waals surface area (Å²) in [5.41, 5.74) is 3.11. The second kappa shape index (κ2) is 8.53. The highest BCUT2D eigenvalue weighted by Crippen LogP contribution is 2.29. The highest BCUT2D eigenvalue weighted by Gasteiger charge is 2.16. The lowest BCUT2D eigenvalue weighted by atomic mass is 10.1. The maximum absolute atomic E-state index is 12.8. The van der Waals surface area contributed by atoms with Gasteiger partial charge in [-0.1, -0.05) is 36.4 Å². The van der Waals surface area contributed by atoms with Gasteiger partial charge in [-0.3, -0.25) is 4.79 Å². The second-order valence-electron chi connectivity index (χ2n) is 6.48. The van der Waals surface area contributed by atoms with Crippen molar-refractivity contribution in [2.24, 2.45) is 0 Å². The summed E-state index contributed by atoms with van der Waals surface area (Å²) in [6, 6.07) is 21.9. The Morgan fingerprint density at radius 3 is 2.40 bits per heavy atom. The molecule has 0 aliphatic heterocycles. The molecule has 30 heavy (non-hydrogen) atoms. The van der Waals surface area contributed by atoms with Crippen LogP contribution in [0.3, 0.4) is 0 Å². The highest BCUT2D eigenvalue weighted by atomic mass is 16.5. The van der Waals surface area contributed by atoms with E-state index in [2.05, 4.69) is 10.3 Å². The summed E-state index contributed by atoms with van der Waals surface area (Å²) in [5, 5.41) is 2.92. The number of hydrogen-bond donors (Lipinski definition) is 1. The first-order valence-electron chi connectivity index (χ1n) is 9.34. The monoisotopic (exact) mass is 400 g/mol. The standard InChI is InChI=1S/C24H20N2O4/c1-28-21-13-12-16(15-22(21)29-2)14-19(25-23(27)17-8-4-3-5-9-17)24-26-18-10-6-7-11-20(18)30-24/h3-15H,1-2H3,(H,25,27)/b19-14+. The number of fused-ring (bicyclic) bond motifs is 1. The molecule has 0 spiro atoms. The van der Waals surface area contributed by atoms with E-state index in [0.717, 1.165) is 5.56 Å². The van der Waals surface area contributed by atoms with Gasteiger partial charge in [-0.15, -0.1) is 0 Å². The molecule has 4 aromatic rings. The van der Waals surface area contributed by atoms with Crippen molar-refractivity contribution in [2.75, 3.05) is 14.2 Å². The quantitative estimate of drug-likeness (QED) is 0.505. The lowest BCUT2D eigenvalue weighted by molar-refractivity contribution is 0.0973. The van der Waals surface area contributed by atoms with Crippen LogP contribution in [-0.2, 0) is 0 Å². The number of amides is 1. The van der Waals surface area contributed by atoms with Crippen molar-refractivity contribution < 1.29 is 18.7 Å². The molecule has 0 radical (unpaired) electrons. The molecule has 0 unspecified atom stereocenters. The molecule has 0 saturated carbocycles. The first-order valence-corrected chi connectivity index (χ1v) is 9.34. The van der Waals surface area contributed by atoms with E-state index in [1.54, 1.807) is 38.5 Å². The van der Waals surface area contributed by atoms with Gasteiger partial charge in [0.25, 0.3) is 5.91 Å². The number of nitrogens with one attached hydrogen (secondary N) is 1. The van der Waals surface area contributed by atoms with Gasteiger partial charge in [0.2, 0.25) is 5.89 Å². The minimum Gasteiger partial charge on any atom is -0.493 e. The van der Waals surface area contributed by atoms with E-state index in [4.69, 9.17) is 13.9 Å². The van der Waals surface area contributed by atoms with E-state index in [1.165, 1.54) is 0 Å². The predicted octanol–water partition coefficient (Wildman–Crippen LogP) is 4.77. The fourth-order valence-corrected chi connectivity index (χ4v) is 3.03. The average molecular weight is 400 g/mol. The zero-order chi connectivity index (χ0) is 20.9. The largest absolute Gasteiger partial charge is 0.493 e. The summed E-state index contributed by atoms with van der Waals surface area (Å²) in [4.78, 5) is 17.3. The Bertz CT molecular complexity index is 1180. The van der Waals surface area contributed by atoms with Crippen LogP contribution in [0.4, 0.5) is 0 Å². The summed E-state index contributed by atoms with van der Waals surface area (Å²) < 4.78 is 16.6. The predicted molar refractivity (Wildman–Crippen MR) is 115 cm³/mol. The van der Waals surface area contributed by atoms with Gasteiger partial charge in [-0.2, -0.15) is 0 Å². The number of carbonyl (C=O) groups excluding carboxylic acids is 1. The van der Waals surface area contributed by atoms with Gasteiger partial charge >= 0.3 is 0 Å². The third-order valence-corrected chi connectivity index (χ3v) is 4.53. The van der Waals surface area contributed by atoms with Crippen molar-refractivity contribution in [1.29, 1.82) is 0 Å². The first-order chi connectivity index (χ1) is 14.7. The summed E-state index contributed by atoms with van der Waals surface area (Å²) in [7, 11) is 3.15. The molecule has 1 N–H and O–H groups in total. The van der Waals surface area contributed by atoms with Crippen LogP contribution in [-0.4, -0.2) is 25.1 Å². The lowest BCUT2D eigenvalue weighted by Gasteiger charge is -2.10. The van der Waals surface area contributed by atoms with Crippen LogP contribution in [0.15, 0.2) is 77.2 Å². The summed E-state index contributed by atoms with van der Waals surface area (Å²) in [5.74, 6) is 1.25. The fourth-order valence-electron chi connectivity index (χ4n) is 3.03. The van der Waals surface area contributed by atoms with Gasteiger partial charge in [-0.25, -0.2) is 4.98 Å². The summed E-state index contributed by atoms with van der Waals surface area (Å²) in [6.45, 7) is 0. The molecule has 6 nitrogen and oxygen atoms in total. The molecule has 0 aliphatic carbocycles. The molecule has 1 aromatic heterocycles. The van der Waals surface area contributed by atoms with E-state index in [1.807, 2.05) is 54.6 Å². The molecule has 0 aliphatic rings. The van der Waals surface area contributed by atoms with Crippen LogP contribution in [0.5, 0.6) is 11.5 Å². The number of aromatic nitrogens is 1. The number of benzene rings is 3. The van der Waals surface area contributed by atoms with E-state index in [0.29, 0.717) is 39.7 Å². The third-order valence-electron chi connectivity index (χ3n) is 4.53. The van der Waals surface area contributed by atoms with Crippen LogP contribution in [0.25, 0.3) is 22.9 Å². The molecule has 0 saturated heterocycles. The van der Waals surface area contributed by atoms with Gasteiger partial charge in [0, 0.05) is 5.56 Å². The Morgan fingerprint density at radius 1 is 0.933 bits per heavy atom.